The molecule has 0 saturated carbocycles. The second-order valence-corrected chi connectivity index (χ2v) is 8.07. The number of benzene rings is 2. The van der Waals surface area contributed by atoms with E-state index in [1.165, 1.54) is 10.4 Å². The van der Waals surface area contributed by atoms with Gasteiger partial charge in [-0.1, -0.05) is 60.0 Å². The summed E-state index contributed by atoms with van der Waals surface area (Å²) in [5, 5.41) is 0.802. The lowest BCUT2D eigenvalue weighted by Crippen LogP contribution is -2.17. The van der Waals surface area contributed by atoms with Crippen LogP contribution >= 0.6 is 34.5 Å². The molecule has 0 aliphatic rings. The van der Waals surface area contributed by atoms with Gasteiger partial charge in [0.15, 0.2) is 4.80 Å². The lowest BCUT2D eigenvalue weighted by atomic mass is 10.1. The Morgan fingerprint density at radius 2 is 1.81 bits per heavy atom. The number of aromatic nitrogens is 1. The van der Waals surface area contributed by atoms with Gasteiger partial charge in [0.1, 0.15) is 0 Å². The summed E-state index contributed by atoms with van der Waals surface area (Å²) in [5.74, 6) is -0.363. The molecule has 1 aromatic heterocycles. The van der Waals surface area contributed by atoms with Gasteiger partial charge in [-0.05, 0) is 44.0 Å². The number of thiazole rings is 1. The molecule has 140 valence electrons. The van der Waals surface area contributed by atoms with Crippen molar-refractivity contribution in [2.45, 2.75) is 33.7 Å². The minimum Gasteiger partial charge on any atom is -0.316 e. The minimum atomic E-state index is -0.363. The standard InChI is InChI=1S/C21H20Cl2N2OS/c1-4-18-19(14-8-6-13(3)7-9-14)25(5-2)21(27-18)24-20(26)16-11-10-15(22)12-17(16)23/h6-12H,4-5H2,1-3H3. The van der Waals surface area contributed by atoms with E-state index in [-0.39, 0.29) is 5.91 Å². The zero-order valence-corrected chi connectivity index (χ0v) is 17.8. The van der Waals surface area contributed by atoms with Crippen LogP contribution in [0.4, 0.5) is 0 Å². The fourth-order valence-electron chi connectivity index (χ4n) is 2.91. The predicted octanol–water partition coefficient (Wildman–Crippen LogP) is 6.16. The van der Waals surface area contributed by atoms with Gasteiger partial charge in [0.25, 0.3) is 5.91 Å². The van der Waals surface area contributed by atoms with Crippen LogP contribution in [-0.4, -0.2) is 10.5 Å². The first-order chi connectivity index (χ1) is 12.9. The van der Waals surface area contributed by atoms with Gasteiger partial charge in [0.2, 0.25) is 0 Å². The lowest BCUT2D eigenvalue weighted by Gasteiger charge is -2.09. The van der Waals surface area contributed by atoms with Crippen LogP contribution in [0.25, 0.3) is 11.3 Å². The smallest absolute Gasteiger partial charge is 0.281 e. The van der Waals surface area contributed by atoms with E-state index in [4.69, 9.17) is 23.2 Å². The molecule has 0 aliphatic heterocycles. The molecule has 0 N–H and O–H groups in total. The van der Waals surface area contributed by atoms with Gasteiger partial charge in [0, 0.05) is 16.4 Å². The maximum absolute atomic E-state index is 12.7. The number of aryl methyl sites for hydroxylation is 2. The first-order valence-electron chi connectivity index (χ1n) is 8.78. The van der Waals surface area contributed by atoms with Gasteiger partial charge < -0.3 is 4.57 Å². The average molecular weight is 419 g/mol. The number of hydrogen-bond acceptors (Lipinski definition) is 2. The molecule has 3 aromatic rings. The van der Waals surface area contributed by atoms with Crippen molar-refractivity contribution in [2.75, 3.05) is 0 Å². The number of carbonyl (C=O) groups is 1. The molecular formula is C21H20Cl2N2OS. The number of hydrogen-bond donors (Lipinski definition) is 0. The van der Waals surface area contributed by atoms with Crippen LogP contribution in [0.5, 0.6) is 0 Å². The Balaban J connectivity index is 2.14. The number of nitrogens with zero attached hydrogens (tertiary/aromatic N) is 2. The first-order valence-corrected chi connectivity index (χ1v) is 10.4. The number of halogens is 2. The Kier molecular flexibility index (Phi) is 6.20. The second kappa shape index (κ2) is 8.42. The maximum Gasteiger partial charge on any atom is 0.281 e. The van der Waals surface area contributed by atoms with Crippen molar-refractivity contribution in [1.82, 2.24) is 4.57 Å². The van der Waals surface area contributed by atoms with E-state index in [2.05, 4.69) is 54.6 Å². The molecule has 0 radical (unpaired) electrons. The van der Waals surface area contributed by atoms with Gasteiger partial charge in [-0.3, -0.25) is 4.79 Å². The fourth-order valence-corrected chi connectivity index (χ4v) is 4.55. The van der Waals surface area contributed by atoms with Crippen molar-refractivity contribution in [3.05, 3.63) is 73.3 Å². The Labute approximate surface area is 172 Å². The molecular weight excluding hydrogens is 399 g/mol. The largest absolute Gasteiger partial charge is 0.316 e. The molecule has 0 spiro atoms. The van der Waals surface area contributed by atoms with Crippen LogP contribution in [0.3, 0.4) is 0 Å². The summed E-state index contributed by atoms with van der Waals surface area (Å²) < 4.78 is 2.09. The monoisotopic (exact) mass is 418 g/mol. The zero-order valence-electron chi connectivity index (χ0n) is 15.4. The van der Waals surface area contributed by atoms with Gasteiger partial charge >= 0.3 is 0 Å². The third-order valence-corrected chi connectivity index (χ3v) is 6.07. The second-order valence-electron chi connectivity index (χ2n) is 6.16. The van der Waals surface area contributed by atoms with Crippen LogP contribution in [0.15, 0.2) is 47.5 Å². The first kappa shape index (κ1) is 19.9. The summed E-state index contributed by atoms with van der Waals surface area (Å²) in [5.41, 5.74) is 3.83. The normalized spacial score (nSPS) is 11.8. The molecule has 1 heterocycles. The highest BCUT2D eigenvalue weighted by Gasteiger charge is 2.16. The molecule has 6 heteroatoms. The molecule has 2 aromatic carbocycles. The Bertz CT molecular complexity index is 1050. The number of amides is 1. The van der Waals surface area contributed by atoms with E-state index in [1.807, 2.05) is 0 Å². The highest BCUT2D eigenvalue weighted by Crippen LogP contribution is 2.27. The summed E-state index contributed by atoms with van der Waals surface area (Å²) >= 11 is 13.6. The Morgan fingerprint density at radius 1 is 1.11 bits per heavy atom. The van der Waals surface area contributed by atoms with Crippen molar-refractivity contribution >= 4 is 40.4 Å². The summed E-state index contributed by atoms with van der Waals surface area (Å²) in [6.45, 7) is 6.97. The van der Waals surface area contributed by atoms with Crippen molar-refractivity contribution in [2.24, 2.45) is 4.99 Å². The molecule has 27 heavy (non-hydrogen) atoms. The molecule has 0 unspecified atom stereocenters. The molecule has 0 aliphatic carbocycles. The molecule has 1 amide bonds. The van der Waals surface area contributed by atoms with E-state index in [0.717, 1.165) is 24.2 Å². The quantitative estimate of drug-likeness (QED) is 0.499. The third kappa shape index (κ3) is 4.18. The zero-order chi connectivity index (χ0) is 19.6. The van der Waals surface area contributed by atoms with Crippen LogP contribution in [-0.2, 0) is 13.0 Å². The molecule has 0 atom stereocenters. The molecule has 0 bridgehead atoms. The maximum atomic E-state index is 12.7. The minimum absolute atomic E-state index is 0.310. The number of carbonyl (C=O) groups excluding carboxylic acids is 1. The SMILES string of the molecule is CCc1sc(=NC(=O)c2ccc(Cl)cc2Cl)n(CC)c1-c1ccc(C)cc1. The summed E-state index contributed by atoms with van der Waals surface area (Å²) in [6.07, 6.45) is 0.874. The van der Waals surface area contributed by atoms with E-state index < -0.39 is 0 Å². The van der Waals surface area contributed by atoms with Gasteiger partial charge in [-0.2, -0.15) is 4.99 Å². The number of rotatable bonds is 4. The van der Waals surface area contributed by atoms with Crippen LogP contribution in [0.2, 0.25) is 10.0 Å². The molecule has 3 rings (SSSR count). The van der Waals surface area contributed by atoms with Crippen LogP contribution in [0, 0.1) is 6.92 Å². The highest BCUT2D eigenvalue weighted by molar-refractivity contribution is 7.09. The van der Waals surface area contributed by atoms with Crippen LogP contribution in [0.1, 0.15) is 34.6 Å². The molecule has 3 nitrogen and oxygen atoms in total. The van der Waals surface area contributed by atoms with Gasteiger partial charge in [0.05, 0.1) is 16.3 Å². The fraction of sp³-hybridized carbons (Fsp3) is 0.238. The third-order valence-electron chi connectivity index (χ3n) is 4.30. The predicted molar refractivity (Wildman–Crippen MR) is 114 cm³/mol. The van der Waals surface area contributed by atoms with E-state index in [9.17, 15) is 4.79 Å². The van der Waals surface area contributed by atoms with Crippen molar-refractivity contribution in [3.8, 4) is 11.3 Å². The highest BCUT2D eigenvalue weighted by atomic mass is 35.5. The average Bonchev–Trinajstić information content (AvgIpc) is 2.99. The molecule has 0 fully saturated rings. The summed E-state index contributed by atoms with van der Waals surface area (Å²) in [6, 6.07) is 13.2. The van der Waals surface area contributed by atoms with E-state index in [1.54, 1.807) is 29.5 Å². The van der Waals surface area contributed by atoms with E-state index >= 15 is 0 Å². The summed E-state index contributed by atoms with van der Waals surface area (Å²) in [7, 11) is 0. The van der Waals surface area contributed by atoms with Gasteiger partial charge in [-0.15, -0.1) is 11.3 Å². The van der Waals surface area contributed by atoms with Crippen molar-refractivity contribution < 1.29 is 4.79 Å². The molecule has 0 saturated heterocycles. The Hall–Kier alpha value is -1.88. The Morgan fingerprint density at radius 3 is 2.41 bits per heavy atom. The lowest BCUT2D eigenvalue weighted by molar-refractivity contribution is 0.0998. The topological polar surface area (TPSA) is 34.4 Å². The van der Waals surface area contributed by atoms with Gasteiger partial charge in [-0.25, -0.2) is 0 Å². The van der Waals surface area contributed by atoms with E-state index in [0.29, 0.717) is 20.4 Å². The van der Waals surface area contributed by atoms with Crippen molar-refractivity contribution in [1.29, 1.82) is 0 Å². The summed E-state index contributed by atoms with van der Waals surface area (Å²) in [4.78, 5) is 19.0. The van der Waals surface area contributed by atoms with Crippen LogP contribution < -0.4 is 4.80 Å². The van der Waals surface area contributed by atoms with Crippen molar-refractivity contribution in [3.63, 3.8) is 0 Å².